The maximum absolute atomic E-state index is 12.1. The summed E-state index contributed by atoms with van der Waals surface area (Å²) in [6, 6.07) is 3.95. The largest absolute Gasteiger partial charge is 0.497 e. The number of ether oxygens (including phenoxy) is 1. The van der Waals surface area contributed by atoms with Crippen molar-refractivity contribution in [3.05, 3.63) is 45.3 Å². The van der Waals surface area contributed by atoms with Gasteiger partial charge in [-0.2, -0.15) is 9.61 Å². The summed E-state index contributed by atoms with van der Waals surface area (Å²) in [4.78, 5) is 19.2. The lowest BCUT2D eigenvalue weighted by atomic mass is 9.95. The molecule has 0 fully saturated rings. The molecule has 6 heteroatoms. The summed E-state index contributed by atoms with van der Waals surface area (Å²) in [6.07, 6.45) is 0. The monoisotopic (exact) mass is 298 g/mol. The van der Waals surface area contributed by atoms with Crippen LogP contribution >= 0.6 is 0 Å². The van der Waals surface area contributed by atoms with Crippen LogP contribution in [-0.4, -0.2) is 26.7 Å². The van der Waals surface area contributed by atoms with Gasteiger partial charge >= 0.3 is 5.69 Å². The second-order valence-corrected chi connectivity index (χ2v) is 5.46. The molecule has 6 nitrogen and oxygen atoms in total. The van der Waals surface area contributed by atoms with Crippen LogP contribution in [0, 0.1) is 27.7 Å². The molecular formula is C16H18N4O2. The van der Waals surface area contributed by atoms with Gasteiger partial charge in [-0.15, -0.1) is 0 Å². The van der Waals surface area contributed by atoms with Gasteiger partial charge in [0.15, 0.2) is 5.65 Å². The Morgan fingerprint density at radius 2 is 1.73 bits per heavy atom. The summed E-state index contributed by atoms with van der Waals surface area (Å²) >= 11 is 0. The molecule has 0 bridgehead atoms. The van der Waals surface area contributed by atoms with Crippen molar-refractivity contribution in [3.8, 4) is 16.9 Å². The van der Waals surface area contributed by atoms with Gasteiger partial charge < -0.3 is 4.74 Å². The average Bonchev–Trinajstić information content (AvgIpc) is 2.75. The van der Waals surface area contributed by atoms with Crippen molar-refractivity contribution < 1.29 is 4.74 Å². The van der Waals surface area contributed by atoms with E-state index >= 15 is 0 Å². The highest BCUT2D eigenvalue weighted by atomic mass is 16.5. The second kappa shape index (κ2) is 4.98. The Morgan fingerprint density at radius 1 is 1.09 bits per heavy atom. The molecule has 0 aliphatic heterocycles. The summed E-state index contributed by atoms with van der Waals surface area (Å²) in [5.41, 5.74) is 5.15. The number of aryl methyl sites for hydroxylation is 4. The van der Waals surface area contributed by atoms with Gasteiger partial charge in [-0.05, 0) is 56.5 Å². The second-order valence-electron chi connectivity index (χ2n) is 5.46. The van der Waals surface area contributed by atoms with E-state index in [0.29, 0.717) is 11.5 Å². The molecule has 3 rings (SSSR count). The van der Waals surface area contributed by atoms with Crippen molar-refractivity contribution in [2.75, 3.05) is 7.11 Å². The number of nitrogens with one attached hydrogen (secondary N) is 1. The van der Waals surface area contributed by atoms with E-state index in [-0.39, 0.29) is 5.69 Å². The first-order valence-electron chi connectivity index (χ1n) is 7.04. The first-order valence-corrected chi connectivity index (χ1v) is 7.04. The van der Waals surface area contributed by atoms with Crippen molar-refractivity contribution >= 4 is 5.65 Å². The number of nitrogens with zero attached hydrogens (tertiary/aromatic N) is 3. The smallest absolute Gasteiger partial charge is 0.349 e. The molecule has 0 unspecified atom stereocenters. The topological polar surface area (TPSA) is 72.3 Å². The number of aromatic amines is 1. The van der Waals surface area contributed by atoms with E-state index in [2.05, 4.69) is 15.1 Å². The van der Waals surface area contributed by atoms with Crippen LogP contribution in [-0.2, 0) is 0 Å². The van der Waals surface area contributed by atoms with Gasteiger partial charge in [0.1, 0.15) is 11.6 Å². The minimum atomic E-state index is -0.277. The minimum absolute atomic E-state index is 0.277. The van der Waals surface area contributed by atoms with Crippen LogP contribution in [0.2, 0.25) is 0 Å². The fourth-order valence-electron chi connectivity index (χ4n) is 2.88. The van der Waals surface area contributed by atoms with Gasteiger partial charge in [0.05, 0.1) is 18.4 Å². The average molecular weight is 298 g/mol. The molecule has 0 atom stereocenters. The van der Waals surface area contributed by atoms with E-state index in [1.165, 1.54) is 4.52 Å². The molecule has 0 aliphatic carbocycles. The van der Waals surface area contributed by atoms with Crippen LogP contribution in [0.5, 0.6) is 5.75 Å². The molecular weight excluding hydrogens is 280 g/mol. The van der Waals surface area contributed by atoms with Crippen molar-refractivity contribution in [1.82, 2.24) is 19.6 Å². The van der Waals surface area contributed by atoms with Gasteiger partial charge in [0.25, 0.3) is 0 Å². The lowest BCUT2D eigenvalue weighted by molar-refractivity contribution is 0.414. The van der Waals surface area contributed by atoms with E-state index in [1.807, 2.05) is 32.9 Å². The molecule has 0 amide bonds. The normalized spacial score (nSPS) is 11.1. The summed E-state index contributed by atoms with van der Waals surface area (Å²) in [7, 11) is 1.65. The fourth-order valence-corrected chi connectivity index (χ4v) is 2.88. The van der Waals surface area contributed by atoms with Gasteiger partial charge in [-0.25, -0.2) is 9.78 Å². The molecule has 0 spiro atoms. The number of methoxy groups -OCH3 is 1. The molecule has 0 radical (unpaired) electrons. The van der Waals surface area contributed by atoms with Crippen LogP contribution in [0.4, 0.5) is 0 Å². The fraction of sp³-hybridized carbons (Fsp3) is 0.312. The number of H-pyrrole nitrogens is 1. The first kappa shape index (κ1) is 14.3. The maximum Gasteiger partial charge on any atom is 0.349 e. The molecule has 0 saturated heterocycles. The molecule has 0 aliphatic rings. The zero-order chi connectivity index (χ0) is 16.0. The molecule has 0 saturated carbocycles. The van der Waals surface area contributed by atoms with Crippen LogP contribution in [0.25, 0.3) is 16.8 Å². The number of hydrogen-bond acceptors (Lipinski definition) is 4. The van der Waals surface area contributed by atoms with Gasteiger partial charge in [0.2, 0.25) is 0 Å². The van der Waals surface area contributed by atoms with Gasteiger partial charge in [-0.1, -0.05) is 0 Å². The zero-order valence-corrected chi connectivity index (χ0v) is 13.3. The van der Waals surface area contributed by atoms with Crippen LogP contribution in [0.3, 0.4) is 0 Å². The highest BCUT2D eigenvalue weighted by Gasteiger charge is 2.19. The third kappa shape index (κ3) is 2.07. The zero-order valence-electron chi connectivity index (χ0n) is 13.3. The molecule has 1 N–H and O–H groups in total. The van der Waals surface area contributed by atoms with Gasteiger partial charge in [0, 0.05) is 0 Å². The van der Waals surface area contributed by atoms with Crippen molar-refractivity contribution in [1.29, 1.82) is 0 Å². The summed E-state index contributed by atoms with van der Waals surface area (Å²) in [5.74, 6) is 1.39. The predicted molar refractivity (Wildman–Crippen MR) is 84.5 cm³/mol. The van der Waals surface area contributed by atoms with E-state index in [0.717, 1.165) is 33.7 Å². The Balaban J connectivity index is 2.41. The van der Waals surface area contributed by atoms with E-state index in [1.54, 1.807) is 14.0 Å². The first-order chi connectivity index (χ1) is 10.4. The summed E-state index contributed by atoms with van der Waals surface area (Å²) in [5, 5.41) is 4.33. The van der Waals surface area contributed by atoms with E-state index < -0.39 is 0 Å². The van der Waals surface area contributed by atoms with Crippen LogP contribution in [0.1, 0.15) is 22.6 Å². The molecule has 2 aromatic heterocycles. The Morgan fingerprint density at radius 3 is 2.32 bits per heavy atom. The van der Waals surface area contributed by atoms with Gasteiger partial charge in [-0.3, -0.25) is 4.98 Å². The van der Waals surface area contributed by atoms with Crippen molar-refractivity contribution in [2.24, 2.45) is 0 Å². The van der Waals surface area contributed by atoms with Crippen LogP contribution in [0.15, 0.2) is 16.9 Å². The van der Waals surface area contributed by atoms with Crippen molar-refractivity contribution in [3.63, 3.8) is 0 Å². The minimum Gasteiger partial charge on any atom is -0.497 e. The molecule has 22 heavy (non-hydrogen) atoms. The molecule has 114 valence electrons. The molecule has 1 aromatic carbocycles. The standard InChI is InChI=1S/C16H18N4O2/c1-8-6-12(22-5)7-9(2)13(8)14-10(3)19-20-15(14)17-11(4)18-16(20)21/h6-7H,1-5H3,(H,17,18,21). The third-order valence-corrected chi connectivity index (χ3v) is 3.78. The molecule has 3 aromatic rings. The molecule has 2 heterocycles. The lowest BCUT2D eigenvalue weighted by Gasteiger charge is -2.12. The summed E-state index contributed by atoms with van der Waals surface area (Å²) in [6.45, 7) is 7.70. The van der Waals surface area contributed by atoms with Crippen molar-refractivity contribution in [2.45, 2.75) is 27.7 Å². The number of hydrogen-bond donors (Lipinski definition) is 1. The Labute approximate surface area is 127 Å². The third-order valence-electron chi connectivity index (χ3n) is 3.78. The Kier molecular flexibility index (Phi) is 3.24. The van der Waals surface area contributed by atoms with E-state index in [9.17, 15) is 4.79 Å². The number of benzene rings is 1. The maximum atomic E-state index is 12.1. The van der Waals surface area contributed by atoms with E-state index in [4.69, 9.17) is 4.74 Å². The SMILES string of the molecule is COc1cc(C)c(-c2c(C)nn3c(=O)[nH]c(C)nc23)c(C)c1. The Hall–Kier alpha value is -2.63. The quantitative estimate of drug-likeness (QED) is 0.788. The Bertz CT molecular complexity index is 914. The highest BCUT2D eigenvalue weighted by Crippen LogP contribution is 2.34. The number of rotatable bonds is 2. The number of aromatic nitrogens is 4. The highest BCUT2D eigenvalue weighted by molar-refractivity contribution is 5.84. The number of fused-ring (bicyclic) bond motifs is 1. The summed E-state index contributed by atoms with van der Waals surface area (Å²) < 4.78 is 6.63. The predicted octanol–water partition coefficient (Wildman–Crippen LogP) is 2.33. The van der Waals surface area contributed by atoms with Crippen LogP contribution < -0.4 is 10.4 Å². The lowest BCUT2D eigenvalue weighted by Crippen LogP contribution is -2.19.